The summed E-state index contributed by atoms with van der Waals surface area (Å²) in [5.74, 6) is 0.832. The lowest BCUT2D eigenvalue weighted by Gasteiger charge is -2.28. The summed E-state index contributed by atoms with van der Waals surface area (Å²) in [7, 11) is 2.07. The summed E-state index contributed by atoms with van der Waals surface area (Å²) < 4.78 is 0. The van der Waals surface area contributed by atoms with Crippen LogP contribution in [-0.2, 0) is 0 Å². The summed E-state index contributed by atoms with van der Waals surface area (Å²) in [5, 5.41) is 0. The number of hydrogen-bond donors (Lipinski definition) is 0. The fourth-order valence-corrected chi connectivity index (χ4v) is 5.16. The van der Waals surface area contributed by atoms with Gasteiger partial charge in [-0.2, -0.15) is 0 Å². The second kappa shape index (κ2) is 12.2. The number of nitrogens with zero attached hydrogens (tertiary/aromatic N) is 1. The van der Waals surface area contributed by atoms with Crippen LogP contribution in [0.25, 0.3) is 11.6 Å². The lowest BCUT2D eigenvalue weighted by Crippen LogP contribution is -2.25. The standard InChI is InChI=1S/C30H45NO/c1-8-23(2)25(4)31(7)19-18-29-27(22-32)16-13-17-28(29)24(3)20-30(5,6)21-26-14-11-9-10-12-15-26/h13,16-20,22,25-26H,2,8-12,14-15,21H2,1,3-7H3/b19-18-,24-20+. The Morgan fingerprint density at radius 2 is 1.88 bits per heavy atom. The van der Waals surface area contributed by atoms with Crippen molar-refractivity contribution in [3.8, 4) is 0 Å². The van der Waals surface area contributed by atoms with Crippen LogP contribution in [-0.4, -0.2) is 24.3 Å². The van der Waals surface area contributed by atoms with Crippen LogP contribution in [0.3, 0.4) is 0 Å². The van der Waals surface area contributed by atoms with Gasteiger partial charge in [-0.3, -0.25) is 4.79 Å². The van der Waals surface area contributed by atoms with Crippen LogP contribution in [0, 0.1) is 11.3 Å². The third kappa shape index (κ3) is 7.50. The minimum absolute atomic E-state index is 0.140. The van der Waals surface area contributed by atoms with Gasteiger partial charge in [-0.25, -0.2) is 0 Å². The van der Waals surface area contributed by atoms with Gasteiger partial charge in [-0.1, -0.05) is 95.7 Å². The van der Waals surface area contributed by atoms with Crippen LogP contribution in [0.15, 0.2) is 42.6 Å². The molecule has 2 rings (SSSR count). The van der Waals surface area contributed by atoms with Crippen molar-refractivity contribution in [1.29, 1.82) is 0 Å². The van der Waals surface area contributed by atoms with Gasteiger partial charge >= 0.3 is 0 Å². The van der Waals surface area contributed by atoms with Crippen LogP contribution in [0.5, 0.6) is 0 Å². The number of benzene rings is 1. The first-order chi connectivity index (χ1) is 15.2. The molecule has 1 saturated carbocycles. The molecule has 1 aliphatic rings. The van der Waals surface area contributed by atoms with Crippen LogP contribution < -0.4 is 0 Å². The molecule has 0 radical (unpaired) electrons. The highest BCUT2D eigenvalue weighted by molar-refractivity contribution is 5.87. The van der Waals surface area contributed by atoms with E-state index >= 15 is 0 Å². The average molecular weight is 436 g/mol. The van der Waals surface area contributed by atoms with E-state index in [4.69, 9.17) is 0 Å². The van der Waals surface area contributed by atoms with Crippen molar-refractivity contribution < 1.29 is 4.79 Å². The fourth-order valence-electron chi connectivity index (χ4n) is 5.16. The molecule has 1 fully saturated rings. The zero-order valence-electron chi connectivity index (χ0n) is 21.4. The van der Waals surface area contributed by atoms with Crippen molar-refractivity contribution in [2.45, 2.75) is 92.0 Å². The normalized spacial score (nSPS) is 17.2. The number of rotatable bonds is 10. The van der Waals surface area contributed by atoms with Gasteiger partial charge in [0, 0.05) is 18.7 Å². The van der Waals surface area contributed by atoms with E-state index in [9.17, 15) is 4.79 Å². The minimum atomic E-state index is 0.140. The van der Waals surface area contributed by atoms with E-state index in [0.29, 0.717) is 0 Å². The molecular weight excluding hydrogens is 390 g/mol. The first-order valence-electron chi connectivity index (χ1n) is 12.5. The molecule has 0 aromatic heterocycles. The Bertz CT molecular complexity index is 821. The maximum absolute atomic E-state index is 11.8. The number of hydrogen-bond acceptors (Lipinski definition) is 2. The van der Waals surface area contributed by atoms with Gasteiger partial charge in [-0.05, 0) is 67.0 Å². The number of carbonyl (C=O) groups excluding carboxylic acids is 1. The fraction of sp³-hybridized carbons (Fsp3) is 0.567. The maximum Gasteiger partial charge on any atom is 0.150 e. The Balaban J connectivity index is 2.30. The highest BCUT2D eigenvalue weighted by atomic mass is 16.1. The summed E-state index contributed by atoms with van der Waals surface area (Å²) in [5.41, 5.74) is 5.49. The predicted octanol–water partition coefficient (Wildman–Crippen LogP) is 8.55. The Labute approximate surface area is 197 Å². The molecule has 1 aromatic carbocycles. The van der Waals surface area contributed by atoms with Crippen molar-refractivity contribution >= 4 is 17.9 Å². The zero-order chi connectivity index (χ0) is 23.7. The third-order valence-corrected chi connectivity index (χ3v) is 7.22. The van der Waals surface area contributed by atoms with Crippen LogP contribution >= 0.6 is 0 Å². The molecule has 1 aliphatic carbocycles. The second-order valence-electron chi connectivity index (χ2n) is 10.5. The Morgan fingerprint density at radius 1 is 1.22 bits per heavy atom. The Hall–Kier alpha value is -2.09. The van der Waals surface area contributed by atoms with Crippen molar-refractivity contribution in [2.24, 2.45) is 11.3 Å². The summed E-state index contributed by atoms with van der Waals surface area (Å²) >= 11 is 0. The van der Waals surface area contributed by atoms with Gasteiger partial charge < -0.3 is 4.90 Å². The van der Waals surface area contributed by atoms with E-state index < -0.39 is 0 Å². The summed E-state index contributed by atoms with van der Waals surface area (Å²) in [6.45, 7) is 15.4. The molecule has 0 aliphatic heterocycles. The largest absolute Gasteiger partial charge is 0.374 e. The molecule has 2 heteroatoms. The van der Waals surface area contributed by atoms with Crippen molar-refractivity contribution in [1.82, 2.24) is 4.90 Å². The molecule has 0 N–H and O–H groups in total. The lowest BCUT2D eigenvalue weighted by atomic mass is 9.78. The molecular formula is C30H45NO. The maximum atomic E-state index is 11.8. The molecule has 176 valence electrons. The molecule has 1 unspecified atom stereocenters. The van der Waals surface area contributed by atoms with Crippen molar-refractivity contribution in [2.75, 3.05) is 7.05 Å². The van der Waals surface area contributed by atoms with Gasteiger partial charge in [0.25, 0.3) is 0 Å². The molecule has 0 bridgehead atoms. The molecule has 0 heterocycles. The predicted molar refractivity (Wildman–Crippen MR) is 141 cm³/mol. The van der Waals surface area contributed by atoms with E-state index in [1.807, 2.05) is 12.1 Å². The van der Waals surface area contributed by atoms with Crippen LogP contribution in [0.2, 0.25) is 0 Å². The quantitative estimate of drug-likeness (QED) is 0.208. The van der Waals surface area contributed by atoms with Crippen LogP contribution in [0.4, 0.5) is 0 Å². The molecule has 0 saturated heterocycles. The molecule has 0 spiro atoms. The SMILES string of the molecule is C=C(CC)C(C)N(C)/C=C\c1c(C=O)cccc1/C(C)=C/C(C)(C)CC1CCCCCC1. The monoisotopic (exact) mass is 435 g/mol. The molecule has 1 aromatic rings. The van der Waals surface area contributed by atoms with Gasteiger partial charge in [0.15, 0.2) is 6.29 Å². The van der Waals surface area contributed by atoms with Crippen molar-refractivity contribution in [3.63, 3.8) is 0 Å². The Kier molecular flexibility index (Phi) is 10.0. The topological polar surface area (TPSA) is 20.3 Å². The molecule has 0 amide bonds. The van der Waals surface area contributed by atoms with E-state index in [1.165, 1.54) is 56.1 Å². The molecule has 32 heavy (non-hydrogen) atoms. The highest BCUT2D eigenvalue weighted by Crippen LogP contribution is 2.37. The number of aldehydes is 1. The summed E-state index contributed by atoms with van der Waals surface area (Å²) in [6, 6.07) is 6.32. The van der Waals surface area contributed by atoms with E-state index in [1.54, 1.807) is 0 Å². The first-order valence-corrected chi connectivity index (χ1v) is 12.5. The lowest BCUT2D eigenvalue weighted by molar-refractivity contribution is 0.112. The van der Waals surface area contributed by atoms with Gasteiger partial charge in [0.05, 0.1) is 0 Å². The Morgan fingerprint density at radius 3 is 2.47 bits per heavy atom. The van der Waals surface area contributed by atoms with Gasteiger partial charge in [0.1, 0.15) is 0 Å². The molecule has 1 atom stereocenters. The minimum Gasteiger partial charge on any atom is -0.374 e. The van der Waals surface area contributed by atoms with Crippen LogP contribution in [0.1, 0.15) is 107 Å². The highest BCUT2D eigenvalue weighted by Gasteiger charge is 2.23. The number of likely N-dealkylation sites (N-methyl/N-ethyl adjacent to an activating group) is 1. The van der Waals surface area contributed by atoms with E-state index in [0.717, 1.165) is 35.3 Å². The van der Waals surface area contributed by atoms with Crippen molar-refractivity contribution in [3.05, 3.63) is 59.3 Å². The number of carbonyl (C=O) groups is 1. The summed E-state index contributed by atoms with van der Waals surface area (Å²) in [6.07, 6.45) is 18.1. The summed E-state index contributed by atoms with van der Waals surface area (Å²) in [4.78, 5) is 14.0. The first kappa shape index (κ1) is 26.2. The smallest absolute Gasteiger partial charge is 0.150 e. The van der Waals surface area contributed by atoms with E-state index in [2.05, 4.69) is 77.6 Å². The third-order valence-electron chi connectivity index (χ3n) is 7.22. The van der Waals surface area contributed by atoms with Gasteiger partial charge in [0.2, 0.25) is 0 Å². The van der Waals surface area contributed by atoms with Gasteiger partial charge in [-0.15, -0.1) is 0 Å². The number of allylic oxidation sites excluding steroid dienone is 2. The second-order valence-corrected chi connectivity index (χ2v) is 10.5. The molecule has 2 nitrogen and oxygen atoms in total. The zero-order valence-corrected chi connectivity index (χ0v) is 21.4. The van der Waals surface area contributed by atoms with E-state index in [-0.39, 0.29) is 11.5 Å². The average Bonchev–Trinajstić information content (AvgIpc) is 3.03.